The van der Waals surface area contributed by atoms with Gasteiger partial charge in [0.1, 0.15) is 0 Å². The van der Waals surface area contributed by atoms with Crippen LogP contribution in [0.15, 0.2) is 30.5 Å². The lowest BCUT2D eigenvalue weighted by atomic mass is 10.0. The second-order valence-corrected chi connectivity index (χ2v) is 4.20. The molecule has 19 heavy (non-hydrogen) atoms. The molecule has 0 aliphatic heterocycles. The molecule has 0 radical (unpaired) electrons. The highest BCUT2D eigenvalue weighted by Crippen LogP contribution is 2.25. The highest BCUT2D eigenvalue weighted by atomic mass is 35.5. The van der Waals surface area contributed by atoms with Gasteiger partial charge >= 0.3 is 0 Å². The van der Waals surface area contributed by atoms with Gasteiger partial charge in [0.2, 0.25) is 0 Å². The maximum atomic E-state index is 13.7. The third-order valence-corrected chi connectivity index (χ3v) is 2.81. The summed E-state index contributed by atoms with van der Waals surface area (Å²) in [5.74, 6) is 1.21. The van der Waals surface area contributed by atoms with Gasteiger partial charge in [-0.15, -0.1) is 0 Å². The average molecular weight is 288 g/mol. The summed E-state index contributed by atoms with van der Waals surface area (Å²) in [6.45, 7) is 0. The molecule has 0 aliphatic carbocycles. The number of rotatable bonds is 3. The van der Waals surface area contributed by atoms with Crippen molar-refractivity contribution in [2.75, 3.05) is 0 Å². The maximum absolute atomic E-state index is 13.7. The predicted octanol–water partition coefficient (Wildman–Crippen LogP) is 2.71. The van der Waals surface area contributed by atoms with Gasteiger partial charge in [-0.25, -0.2) is 18.6 Å². The number of nitrogens with zero attached hydrogens (tertiary/aromatic N) is 1. The highest BCUT2D eigenvalue weighted by molar-refractivity contribution is 6.30. The quantitative estimate of drug-likeness (QED) is 0.518. The molecule has 2 aromatic rings. The number of aromatic nitrogens is 1. The Morgan fingerprint density at radius 1 is 1.11 bits per heavy atom. The molecular formula is C12H9ClF3N3. The second kappa shape index (κ2) is 5.56. The summed E-state index contributed by atoms with van der Waals surface area (Å²) in [4.78, 5) is 3.96. The van der Waals surface area contributed by atoms with Crippen molar-refractivity contribution in [3.8, 4) is 0 Å². The number of nitrogens with one attached hydrogen (secondary N) is 1. The van der Waals surface area contributed by atoms with Crippen molar-refractivity contribution in [1.29, 1.82) is 0 Å². The first-order chi connectivity index (χ1) is 9.04. The van der Waals surface area contributed by atoms with Gasteiger partial charge in [0.05, 0.1) is 16.8 Å². The summed E-state index contributed by atoms with van der Waals surface area (Å²) in [6.07, 6.45) is 1.35. The Kier molecular flexibility index (Phi) is 4.04. The fourth-order valence-electron chi connectivity index (χ4n) is 1.66. The molecule has 0 fully saturated rings. The molecule has 2 rings (SSSR count). The molecule has 1 unspecified atom stereocenters. The van der Waals surface area contributed by atoms with Crippen molar-refractivity contribution in [2.24, 2.45) is 5.84 Å². The van der Waals surface area contributed by atoms with Crippen LogP contribution in [0, 0.1) is 17.5 Å². The van der Waals surface area contributed by atoms with Crippen LogP contribution in [0.4, 0.5) is 13.2 Å². The van der Waals surface area contributed by atoms with Crippen molar-refractivity contribution in [2.45, 2.75) is 6.04 Å². The number of pyridine rings is 1. The molecule has 1 aromatic carbocycles. The minimum Gasteiger partial charge on any atom is -0.271 e. The minimum absolute atomic E-state index is 0.142. The number of benzene rings is 1. The minimum atomic E-state index is -1.55. The Balaban J connectivity index is 2.48. The van der Waals surface area contributed by atoms with Gasteiger partial charge in [0.25, 0.3) is 0 Å². The summed E-state index contributed by atoms with van der Waals surface area (Å²) in [5.41, 5.74) is 2.49. The lowest BCUT2D eigenvalue weighted by Gasteiger charge is -2.17. The summed E-state index contributed by atoms with van der Waals surface area (Å²) in [6, 6.07) is 4.06. The smallest absolute Gasteiger partial charge is 0.194 e. The molecule has 0 spiro atoms. The molecule has 0 saturated carbocycles. The maximum Gasteiger partial charge on any atom is 0.194 e. The summed E-state index contributed by atoms with van der Waals surface area (Å²) < 4.78 is 39.8. The van der Waals surface area contributed by atoms with E-state index >= 15 is 0 Å². The Hall–Kier alpha value is -1.63. The van der Waals surface area contributed by atoms with E-state index in [1.165, 1.54) is 18.3 Å². The first-order valence-corrected chi connectivity index (χ1v) is 5.63. The van der Waals surface area contributed by atoms with E-state index < -0.39 is 23.5 Å². The zero-order chi connectivity index (χ0) is 14.0. The number of nitrogens with two attached hydrogens (primary N) is 1. The van der Waals surface area contributed by atoms with Gasteiger partial charge in [0, 0.05) is 11.8 Å². The molecule has 100 valence electrons. The first kappa shape index (κ1) is 13.8. The van der Waals surface area contributed by atoms with Crippen LogP contribution in [0.3, 0.4) is 0 Å². The molecule has 1 aromatic heterocycles. The van der Waals surface area contributed by atoms with Crippen molar-refractivity contribution < 1.29 is 13.2 Å². The van der Waals surface area contributed by atoms with Crippen LogP contribution in [0.25, 0.3) is 0 Å². The van der Waals surface area contributed by atoms with Crippen molar-refractivity contribution in [3.63, 3.8) is 0 Å². The van der Waals surface area contributed by atoms with Crippen molar-refractivity contribution in [3.05, 3.63) is 64.2 Å². The monoisotopic (exact) mass is 287 g/mol. The zero-order valence-electron chi connectivity index (χ0n) is 9.50. The lowest BCUT2D eigenvalue weighted by molar-refractivity contribution is 0.432. The SMILES string of the molecule is NNC(c1ccc(Cl)cn1)c1ccc(F)c(F)c1F. The molecule has 0 bridgehead atoms. The van der Waals surface area contributed by atoms with Crippen molar-refractivity contribution in [1.82, 2.24) is 10.4 Å². The van der Waals surface area contributed by atoms with Crippen LogP contribution >= 0.6 is 11.6 Å². The van der Waals surface area contributed by atoms with Crippen LogP contribution in [0.5, 0.6) is 0 Å². The molecule has 1 heterocycles. The highest BCUT2D eigenvalue weighted by Gasteiger charge is 2.22. The Morgan fingerprint density at radius 2 is 1.84 bits per heavy atom. The third kappa shape index (κ3) is 2.70. The lowest BCUT2D eigenvalue weighted by Crippen LogP contribution is -2.30. The van der Waals surface area contributed by atoms with E-state index in [1.807, 2.05) is 0 Å². The van der Waals surface area contributed by atoms with E-state index in [2.05, 4.69) is 10.4 Å². The summed E-state index contributed by atoms with van der Waals surface area (Å²) in [5, 5.41) is 0.394. The standard InChI is InChI=1S/C12H9ClF3N3/c13-6-1-4-9(18-5-6)12(19-17)7-2-3-8(14)11(16)10(7)15/h1-5,12,19H,17H2. The van der Waals surface area contributed by atoms with Gasteiger partial charge in [-0.3, -0.25) is 10.8 Å². The Morgan fingerprint density at radius 3 is 2.42 bits per heavy atom. The third-order valence-electron chi connectivity index (χ3n) is 2.59. The summed E-state index contributed by atoms with van der Waals surface area (Å²) in [7, 11) is 0. The largest absolute Gasteiger partial charge is 0.271 e. The first-order valence-electron chi connectivity index (χ1n) is 5.25. The van der Waals surface area contributed by atoms with Gasteiger partial charge in [0.15, 0.2) is 17.5 Å². The molecule has 0 amide bonds. The van der Waals surface area contributed by atoms with Crippen LogP contribution in [0.2, 0.25) is 5.02 Å². The number of hydrogen-bond donors (Lipinski definition) is 2. The number of hydrogen-bond acceptors (Lipinski definition) is 3. The fourth-order valence-corrected chi connectivity index (χ4v) is 1.77. The molecule has 0 aliphatic rings. The Bertz CT molecular complexity index is 590. The fraction of sp³-hybridized carbons (Fsp3) is 0.0833. The van der Waals surface area contributed by atoms with Gasteiger partial charge in [-0.1, -0.05) is 17.7 Å². The van der Waals surface area contributed by atoms with Crippen molar-refractivity contribution >= 4 is 11.6 Å². The van der Waals surface area contributed by atoms with Gasteiger partial charge in [-0.05, 0) is 18.2 Å². The van der Waals surface area contributed by atoms with Crippen LogP contribution in [-0.2, 0) is 0 Å². The van der Waals surface area contributed by atoms with Crippen LogP contribution in [0.1, 0.15) is 17.3 Å². The van der Waals surface area contributed by atoms with Crippen LogP contribution < -0.4 is 11.3 Å². The molecule has 3 nitrogen and oxygen atoms in total. The van der Waals surface area contributed by atoms with E-state index in [9.17, 15) is 13.2 Å². The normalized spacial score (nSPS) is 12.5. The van der Waals surface area contributed by atoms with E-state index in [-0.39, 0.29) is 5.56 Å². The van der Waals surface area contributed by atoms with E-state index in [0.29, 0.717) is 10.7 Å². The van der Waals surface area contributed by atoms with E-state index in [4.69, 9.17) is 17.4 Å². The topological polar surface area (TPSA) is 50.9 Å². The summed E-state index contributed by atoms with van der Waals surface area (Å²) >= 11 is 5.69. The predicted molar refractivity (Wildman–Crippen MR) is 64.7 cm³/mol. The van der Waals surface area contributed by atoms with E-state index in [0.717, 1.165) is 12.1 Å². The van der Waals surface area contributed by atoms with E-state index in [1.54, 1.807) is 0 Å². The number of halogens is 4. The van der Waals surface area contributed by atoms with Crippen LogP contribution in [-0.4, -0.2) is 4.98 Å². The van der Waals surface area contributed by atoms with Gasteiger partial charge in [-0.2, -0.15) is 0 Å². The molecule has 3 N–H and O–H groups in total. The molecule has 0 saturated heterocycles. The molecule has 1 atom stereocenters. The molecule has 7 heteroatoms. The second-order valence-electron chi connectivity index (χ2n) is 3.77. The zero-order valence-corrected chi connectivity index (χ0v) is 10.3. The number of hydrazine groups is 1. The molecular weight excluding hydrogens is 279 g/mol. The average Bonchev–Trinajstić information content (AvgIpc) is 2.41. The van der Waals surface area contributed by atoms with Gasteiger partial charge < -0.3 is 0 Å². The Labute approximate surface area is 112 Å².